The number of aliphatic hydroxyl groups is 2. The molecule has 0 aromatic rings. The highest BCUT2D eigenvalue weighted by molar-refractivity contribution is 4.96. The highest BCUT2D eigenvalue weighted by Crippen LogP contribution is 2.45. The van der Waals surface area contributed by atoms with E-state index in [4.69, 9.17) is 9.47 Å². The summed E-state index contributed by atoms with van der Waals surface area (Å²) in [6, 6.07) is 0. The van der Waals surface area contributed by atoms with Gasteiger partial charge >= 0.3 is 0 Å². The summed E-state index contributed by atoms with van der Waals surface area (Å²) in [6.07, 6.45) is 6.16. The van der Waals surface area contributed by atoms with Crippen molar-refractivity contribution >= 4 is 0 Å². The van der Waals surface area contributed by atoms with Crippen molar-refractivity contribution in [3.8, 4) is 0 Å². The summed E-state index contributed by atoms with van der Waals surface area (Å²) in [5.41, 5.74) is 0. The number of rotatable bonds is 0. The Bertz CT molecular complexity index is 254. The quantitative estimate of drug-likeness (QED) is 0.656. The molecule has 1 saturated heterocycles. The van der Waals surface area contributed by atoms with Crippen molar-refractivity contribution in [2.75, 3.05) is 0 Å². The Hall–Kier alpha value is -0.160. The molecule has 3 aliphatic rings. The molecule has 16 heavy (non-hydrogen) atoms. The smallest absolute Gasteiger partial charge is 0.192 e. The highest BCUT2D eigenvalue weighted by Gasteiger charge is 2.56. The Kier molecular flexibility index (Phi) is 2.51. The van der Waals surface area contributed by atoms with Gasteiger partial charge in [0.2, 0.25) is 0 Å². The lowest BCUT2D eigenvalue weighted by Crippen LogP contribution is -2.65. The third kappa shape index (κ3) is 1.59. The molecule has 4 heteroatoms. The fourth-order valence-electron chi connectivity index (χ4n) is 3.25. The SMILES string of the molecule is O[C@@]12CCCC[C@@H]1O[C@@]1(O)CCCC[C@@H]1O2. The van der Waals surface area contributed by atoms with Crippen LogP contribution in [0.2, 0.25) is 0 Å². The molecule has 3 rings (SSSR count). The van der Waals surface area contributed by atoms with Gasteiger partial charge in [-0.05, 0) is 25.7 Å². The standard InChI is InChI=1S/C12H20O4/c13-11-7-3-1-5-9(11)15-12(14)8-4-2-6-10(12)16-11/h9-10,13-14H,1-8H2/t9-,10-,11-,12+/m0/s1. The van der Waals surface area contributed by atoms with Gasteiger partial charge in [0.15, 0.2) is 11.6 Å². The molecule has 0 radical (unpaired) electrons. The second kappa shape index (κ2) is 3.67. The first kappa shape index (κ1) is 11.0. The van der Waals surface area contributed by atoms with Gasteiger partial charge in [-0.1, -0.05) is 12.8 Å². The molecule has 4 nitrogen and oxygen atoms in total. The van der Waals surface area contributed by atoms with E-state index < -0.39 is 11.6 Å². The van der Waals surface area contributed by atoms with E-state index in [1.54, 1.807) is 0 Å². The van der Waals surface area contributed by atoms with Crippen molar-refractivity contribution in [1.82, 2.24) is 0 Å². The molecule has 1 aliphatic heterocycles. The summed E-state index contributed by atoms with van der Waals surface area (Å²) in [4.78, 5) is 0. The van der Waals surface area contributed by atoms with E-state index in [2.05, 4.69) is 0 Å². The second-order valence-corrected chi connectivity index (χ2v) is 5.39. The lowest BCUT2D eigenvalue weighted by Gasteiger charge is -2.54. The molecule has 4 atom stereocenters. The summed E-state index contributed by atoms with van der Waals surface area (Å²) < 4.78 is 11.5. The molecule has 3 fully saturated rings. The van der Waals surface area contributed by atoms with E-state index in [1.165, 1.54) is 0 Å². The third-order valence-corrected chi connectivity index (χ3v) is 4.20. The van der Waals surface area contributed by atoms with Crippen LogP contribution in [0.1, 0.15) is 51.4 Å². The molecule has 2 saturated carbocycles. The van der Waals surface area contributed by atoms with Crippen LogP contribution < -0.4 is 0 Å². The number of ether oxygens (including phenoxy) is 2. The molecule has 2 N–H and O–H groups in total. The zero-order chi connectivity index (χ0) is 11.2. The minimum absolute atomic E-state index is 0.347. The average molecular weight is 228 g/mol. The lowest BCUT2D eigenvalue weighted by molar-refractivity contribution is -0.436. The van der Waals surface area contributed by atoms with Crippen molar-refractivity contribution in [2.24, 2.45) is 0 Å². The largest absolute Gasteiger partial charge is 0.363 e. The normalized spacial score (nSPS) is 52.9. The van der Waals surface area contributed by atoms with Gasteiger partial charge in [0.1, 0.15) is 12.2 Å². The molecule has 0 bridgehead atoms. The van der Waals surface area contributed by atoms with Crippen molar-refractivity contribution in [2.45, 2.75) is 75.1 Å². The van der Waals surface area contributed by atoms with E-state index in [0.29, 0.717) is 12.8 Å². The monoisotopic (exact) mass is 228 g/mol. The molecule has 0 aromatic heterocycles. The second-order valence-electron chi connectivity index (χ2n) is 5.39. The number of hydrogen-bond acceptors (Lipinski definition) is 4. The van der Waals surface area contributed by atoms with Gasteiger partial charge in [-0.3, -0.25) is 0 Å². The van der Waals surface area contributed by atoms with Crippen LogP contribution in [0.4, 0.5) is 0 Å². The first-order valence-corrected chi connectivity index (χ1v) is 6.43. The van der Waals surface area contributed by atoms with Crippen LogP contribution in [-0.4, -0.2) is 34.0 Å². The highest BCUT2D eigenvalue weighted by atomic mass is 16.7. The van der Waals surface area contributed by atoms with Crippen LogP contribution >= 0.6 is 0 Å². The van der Waals surface area contributed by atoms with Gasteiger partial charge in [-0.25, -0.2) is 0 Å². The maximum Gasteiger partial charge on any atom is 0.192 e. The van der Waals surface area contributed by atoms with Gasteiger partial charge in [-0.15, -0.1) is 0 Å². The Labute approximate surface area is 95.6 Å². The first-order valence-electron chi connectivity index (χ1n) is 6.43. The molecule has 1 heterocycles. The average Bonchev–Trinajstić information content (AvgIpc) is 2.25. The van der Waals surface area contributed by atoms with Crippen LogP contribution in [0.15, 0.2) is 0 Å². The van der Waals surface area contributed by atoms with Gasteiger partial charge in [-0.2, -0.15) is 0 Å². The van der Waals surface area contributed by atoms with E-state index in [-0.39, 0.29) is 12.2 Å². The predicted octanol–water partition coefficient (Wildman–Crippen LogP) is 1.30. The van der Waals surface area contributed by atoms with E-state index in [0.717, 1.165) is 38.5 Å². The predicted molar refractivity (Wildman–Crippen MR) is 56.6 cm³/mol. The van der Waals surface area contributed by atoms with Gasteiger partial charge in [0.25, 0.3) is 0 Å². The van der Waals surface area contributed by atoms with Gasteiger partial charge < -0.3 is 19.7 Å². The molecule has 0 aromatic carbocycles. The van der Waals surface area contributed by atoms with Gasteiger partial charge in [0.05, 0.1) is 0 Å². The van der Waals surface area contributed by atoms with Crippen LogP contribution in [-0.2, 0) is 9.47 Å². The first-order chi connectivity index (χ1) is 7.62. The fraction of sp³-hybridized carbons (Fsp3) is 1.00. The summed E-state index contributed by atoms with van der Waals surface area (Å²) in [6.45, 7) is 0. The maximum atomic E-state index is 10.4. The van der Waals surface area contributed by atoms with Crippen molar-refractivity contribution in [1.29, 1.82) is 0 Å². The van der Waals surface area contributed by atoms with Crippen LogP contribution in [0.5, 0.6) is 0 Å². The molecule has 0 unspecified atom stereocenters. The zero-order valence-electron chi connectivity index (χ0n) is 9.52. The minimum atomic E-state index is -1.15. The third-order valence-electron chi connectivity index (χ3n) is 4.20. The van der Waals surface area contributed by atoms with E-state index in [1.807, 2.05) is 0 Å². The van der Waals surface area contributed by atoms with Crippen molar-refractivity contribution < 1.29 is 19.7 Å². The van der Waals surface area contributed by atoms with Crippen LogP contribution in [0.3, 0.4) is 0 Å². The van der Waals surface area contributed by atoms with E-state index in [9.17, 15) is 10.2 Å². The topological polar surface area (TPSA) is 58.9 Å². The Balaban J connectivity index is 1.83. The van der Waals surface area contributed by atoms with Crippen molar-refractivity contribution in [3.05, 3.63) is 0 Å². The van der Waals surface area contributed by atoms with Crippen molar-refractivity contribution in [3.63, 3.8) is 0 Å². The maximum absolute atomic E-state index is 10.4. The molecule has 92 valence electrons. The Morgan fingerprint density at radius 3 is 1.62 bits per heavy atom. The molecule has 0 amide bonds. The zero-order valence-corrected chi connectivity index (χ0v) is 9.52. The van der Waals surface area contributed by atoms with E-state index >= 15 is 0 Å². The molecular formula is C12H20O4. The fourth-order valence-corrected chi connectivity index (χ4v) is 3.25. The number of fused-ring (bicyclic) bond motifs is 2. The lowest BCUT2D eigenvalue weighted by atomic mass is 9.84. The van der Waals surface area contributed by atoms with Crippen LogP contribution in [0, 0.1) is 0 Å². The number of hydrogen-bond donors (Lipinski definition) is 2. The van der Waals surface area contributed by atoms with Crippen LogP contribution in [0.25, 0.3) is 0 Å². The summed E-state index contributed by atoms with van der Waals surface area (Å²) in [5.74, 6) is -2.29. The van der Waals surface area contributed by atoms with Gasteiger partial charge in [0, 0.05) is 12.8 Å². The minimum Gasteiger partial charge on any atom is -0.363 e. The molecule has 2 aliphatic carbocycles. The Morgan fingerprint density at radius 1 is 0.750 bits per heavy atom. The summed E-state index contributed by atoms with van der Waals surface area (Å²) in [7, 11) is 0. The summed E-state index contributed by atoms with van der Waals surface area (Å²) >= 11 is 0. The summed E-state index contributed by atoms with van der Waals surface area (Å²) in [5, 5.41) is 20.8. The molecule has 0 spiro atoms. The molecular weight excluding hydrogens is 208 g/mol. The Morgan fingerprint density at radius 2 is 1.19 bits per heavy atom.